The summed E-state index contributed by atoms with van der Waals surface area (Å²) in [5.74, 6) is -0.936. The van der Waals surface area contributed by atoms with E-state index >= 15 is 0 Å². The minimum atomic E-state index is -0.727. The second-order valence-corrected chi connectivity index (χ2v) is 5.12. The fourth-order valence-electron chi connectivity index (χ4n) is 2.73. The fourth-order valence-corrected chi connectivity index (χ4v) is 2.73. The molecule has 96 valence electrons. The van der Waals surface area contributed by atoms with Gasteiger partial charge in [0.2, 0.25) is 0 Å². The number of aliphatic hydroxyl groups is 1. The van der Waals surface area contributed by atoms with Crippen molar-refractivity contribution in [3.8, 4) is 0 Å². The molecule has 1 atom stereocenters. The third-order valence-corrected chi connectivity index (χ3v) is 3.90. The molecule has 18 heavy (non-hydrogen) atoms. The summed E-state index contributed by atoms with van der Waals surface area (Å²) in [6.07, 6.45) is 5.60. The zero-order valence-corrected chi connectivity index (χ0v) is 9.97. The van der Waals surface area contributed by atoms with Crippen molar-refractivity contribution in [3.63, 3.8) is 0 Å². The van der Waals surface area contributed by atoms with Gasteiger partial charge in [-0.3, -0.25) is 9.78 Å². The third kappa shape index (κ3) is 1.79. The van der Waals surface area contributed by atoms with Crippen LogP contribution in [0, 0.1) is 5.82 Å². The van der Waals surface area contributed by atoms with Crippen LogP contribution in [0.2, 0.25) is 0 Å². The van der Waals surface area contributed by atoms with Crippen LogP contribution in [0.4, 0.5) is 4.39 Å². The first-order valence-corrected chi connectivity index (χ1v) is 6.25. The van der Waals surface area contributed by atoms with E-state index in [0.29, 0.717) is 6.54 Å². The lowest BCUT2D eigenvalue weighted by molar-refractivity contribution is 0.0383. The van der Waals surface area contributed by atoms with Crippen LogP contribution in [0.3, 0.4) is 0 Å². The molecule has 0 bridgehead atoms. The van der Waals surface area contributed by atoms with Gasteiger partial charge in [-0.25, -0.2) is 4.39 Å². The zero-order chi connectivity index (χ0) is 12.8. The Morgan fingerprint density at radius 2 is 2.33 bits per heavy atom. The molecular weight excluding hydrogens is 235 g/mol. The number of rotatable bonds is 2. The summed E-state index contributed by atoms with van der Waals surface area (Å²) < 4.78 is 13.6. The Labute approximate surface area is 104 Å². The lowest BCUT2D eigenvalue weighted by atomic mass is 10.1. The molecule has 1 amide bonds. The molecule has 1 aromatic heterocycles. The van der Waals surface area contributed by atoms with Gasteiger partial charge in [-0.1, -0.05) is 0 Å². The number of halogens is 1. The molecule has 1 aromatic rings. The van der Waals surface area contributed by atoms with Crippen LogP contribution in [0.5, 0.6) is 0 Å². The highest BCUT2D eigenvalue weighted by atomic mass is 19.1. The van der Waals surface area contributed by atoms with Crippen LogP contribution in [-0.2, 0) is 0 Å². The molecule has 2 fully saturated rings. The Hall–Kier alpha value is -1.49. The molecule has 4 nitrogen and oxygen atoms in total. The summed E-state index contributed by atoms with van der Waals surface area (Å²) in [5, 5.41) is 10.2. The van der Waals surface area contributed by atoms with Gasteiger partial charge in [0.1, 0.15) is 0 Å². The van der Waals surface area contributed by atoms with E-state index in [4.69, 9.17) is 0 Å². The van der Waals surface area contributed by atoms with E-state index in [0.717, 1.165) is 31.9 Å². The SMILES string of the molecule is O=C(c1ccncc1F)N1CCCC1C1(O)CC1. The predicted octanol–water partition coefficient (Wildman–Crippen LogP) is 1.35. The van der Waals surface area contributed by atoms with Crippen molar-refractivity contribution in [1.82, 2.24) is 9.88 Å². The van der Waals surface area contributed by atoms with Gasteiger partial charge in [0.05, 0.1) is 23.4 Å². The standard InChI is InChI=1S/C13H15FN2O2/c14-10-8-15-6-3-9(10)12(17)16-7-1-2-11(16)13(18)4-5-13/h3,6,8,11,18H,1-2,4-5,7H2. The van der Waals surface area contributed by atoms with Gasteiger partial charge in [-0.05, 0) is 31.7 Å². The van der Waals surface area contributed by atoms with Crippen molar-refractivity contribution in [2.45, 2.75) is 37.3 Å². The van der Waals surface area contributed by atoms with Crippen LogP contribution in [0.15, 0.2) is 18.5 Å². The highest BCUT2D eigenvalue weighted by Crippen LogP contribution is 2.44. The van der Waals surface area contributed by atoms with Crippen LogP contribution in [0.1, 0.15) is 36.0 Å². The monoisotopic (exact) mass is 250 g/mol. The second kappa shape index (κ2) is 4.02. The summed E-state index contributed by atoms with van der Waals surface area (Å²) in [4.78, 5) is 17.6. The first-order valence-electron chi connectivity index (χ1n) is 6.25. The smallest absolute Gasteiger partial charge is 0.257 e. The largest absolute Gasteiger partial charge is 0.388 e. The van der Waals surface area contributed by atoms with Crippen LogP contribution in [-0.4, -0.2) is 39.1 Å². The molecule has 0 aromatic carbocycles. The number of pyridine rings is 1. The molecule has 1 aliphatic carbocycles. The third-order valence-electron chi connectivity index (χ3n) is 3.90. The van der Waals surface area contributed by atoms with E-state index in [1.807, 2.05) is 0 Å². The maximum absolute atomic E-state index is 13.6. The molecule has 1 aliphatic heterocycles. The summed E-state index contributed by atoms with van der Waals surface area (Å²) >= 11 is 0. The van der Waals surface area contributed by atoms with Gasteiger partial charge in [0.15, 0.2) is 5.82 Å². The molecule has 2 heterocycles. The number of amides is 1. The number of carbonyl (C=O) groups is 1. The Balaban J connectivity index is 1.86. The molecule has 1 unspecified atom stereocenters. The van der Waals surface area contributed by atoms with Gasteiger partial charge in [0.25, 0.3) is 5.91 Å². The fraction of sp³-hybridized carbons (Fsp3) is 0.538. The topological polar surface area (TPSA) is 53.4 Å². The summed E-state index contributed by atoms with van der Waals surface area (Å²) in [6, 6.07) is 1.24. The van der Waals surface area contributed by atoms with Gasteiger partial charge in [-0.15, -0.1) is 0 Å². The van der Waals surface area contributed by atoms with Crippen molar-refractivity contribution in [1.29, 1.82) is 0 Å². The Kier molecular flexibility index (Phi) is 2.59. The molecule has 5 heteroatoms. The lowest BCUT2D eigenvalue weighted by Gasteiger charge is -2.28. The van der Waals surface area contributed by atoms with Gasteiger partial charge >= 0.3 is 0 Å². The predicted molar refractivity (Wildman–Crippen MR) is 62.4 cm³/mol. The maximum Gasteiger partial charge on any atom is 0.257 e. The molecule has 1 saturated heterocycles. The first kappa shape index (κ1) is 11.6. The Morgan fingerprint density at radius 1 is 1.56 bits per heavy atom. The average molecular weight is 250 g/mol. The zero-order valence-electron chi connectivity index (χ0n) is 9.97. The first-order chi connectivity index (χ1) is 8.62. The van der Waals surface area contributed by atoms with E-state index in [2.05, 4.69) is 4.98 Å². The van der Waals surface area contributed by atoms with E-state index in [-0.39, 0.29) is 17.5 Å². The molecule has 0 spiro atoms. The normalized spacial score (nSPS) is 25.2. The van der Waals surface area contributed by atoms with Crippen LogP contribution in [0.25, 0.3) is 0 Å². The number of hydrogen-bond donors (Lipinski definition) is 1. The van der Waals surface area contributed by atoms with Crippen molar-refractivity contribution in [3.05, 3.63) is 29.8 Å². The van der Waals surface area contributed by atoms with Crippen LogP contribution < -0.4 is 0 Å². The van der Waals surface area contributed by atoms with Crippen molar-refractivity contribution >= 4 is 5.91 Å². The maximum atomic E-state index is 13.6. The lowest BCUT2D eigenvalue weighted by Crippen LogP contribution is -2.44. The molecule has 2 aliphatic rings. The summed E-state index contributed by atoms with van der Waals surface area (Å²) in [5.41, 5.74) is -0.684. The number of likely N-dealkylation sites (tertiary alicyclic amines) is 1. The van der Waals surface area contributed by atoms with Gasteiger partial charge < -0.3 is 10.0 Å². The Bertz CT molecular complexity index is 488. The van der Waals surface area contributed by atoms with E-state index < -0.39 is 11.4 Å². The minimum absolute atomic E-state index is 0.0427. The van der Waals surface area contributed by atoms with Gasteiger partial charge in [0, 0.05) is 12.7 Å². The Morgan fingerprint density at radius 3 is 3.00 bits per heavy atom. The summed E-state index contributed by atoms with van der Waals surface area (Å²) in [6.45, 7) is 0.591. The van der Waals surface area contributed by atoms with Crippen molar-refractivity contribution in [2.75, 3.05) is 6.54 Å². The number of aromatic nitrogens is 1. The van der Waals surface area contributed by atoms with Crippen molar-refractivity contribution < 1.29 is 14.3 Å². The molecular formula is C13H15FN2O2. The highest BCUT2D eigenvalue weighted by molar-refractivity contribution is 5.94. The summed E-state index contributed by atoms with van der Waals surface area (Å²) in [7, 11) is 0. The second-order valence-electron chi connectivity index (χ2n) is 5.12. The minimum Gasteiger partial charge on any atom is -0.388 e. The number of carbonyl (C=O) groups excluding carboxylic acids is 1. The van der Waals surface area contributed by atoms with Crippen molar-refractivity contribution in [2.24, 2.45) is 0 Å². The molecule has 1 saturated carbocycles. The molecule has 1 N–H and O–H groups in total. The van der Waals surface area contributed by atoms with E-state index in [1.165, 1.54) is 12.3 Å². The van der Waals surface area contributed by atoms with E-state index in [9.17, 15) is 14.3 Å². The molecule has 3 rings (SSSR count). The van der Waals surface area contributed by atoms with Crippen LogP contribution >= 0.6 is 0 Å². The highest BCUT2D eigenvalue weighted by Gasteiger charge is 2.52. The number of nitrogens with zero attached hydrogens (tertiary/aromatic N) is 2. The molecule has 0 radical (unpaired) electrons. The number of hydrogen-bond acceptors (Lipinski definition) is 3. The van der Waals surface area contributed by atoms with E-state index in [1.54, 1.807) is 4.90 Å². The average Bonchev–Trinajstić information content (AvgIpc) is 2.94. The quantitative estimate of drug-likeness (QED) is 0.862. The van der Waals surface area contributed by atoms with Gasteiger partial charge in [-0.2, -0.15) is 0 Å².